The first-order valence-electron chi connectivity index (χ1n) is 2.75. The van der Waals surface area contributed by atoms with E-state index in [-0.39, 0.29) is 12.3 Å². The molecule has 1 atom stereocenters. The van der Waals surface area contributed by atoms with Crippen molar-refractivity contribution in [2.45, 2.75) is 19.5 Å². The second kappa shape index (κ2) is 3.42. The second-order valence-electron chi connectivity index (χ2n) is 2.13. The molecule has 0 fully saturated rings. The van der Waals surface area contributed by atoms with Gasteiger partial charge in [-0.3, -0.25) is 0 Å². The maximum atomic E-state index is 9.89. The largest absolute Gasteiger partial charge is 0.550 e. The number of rotatable bonds is 3. The van der Waals surface area contributed by atoms with Crippen molar-refractivity contribution in [3.8, 4) is 0 Å². The van der Waals surface area contributed by atoms with Gasteiger partial charge in [-0.1, -0.05) is 6.92 Å². The summed E-state index contributed by atoms with van der Waals surface area (Å²) >= 11 is 0. The normalized spacial score (nSPS) is 13.8. The Morgan fingerprint density at radius 3 is 2.22 bits per heavy atom. The van der Waals surface area contributed by atoms with Gasteiger partial charge < -0.3 is 21.4 Å². The highest BCUT2D eigenvalue weighted by molar-refractivity contribution is 5.64. The number of nitrogens with two attached hydrogens (primary N) is 2. The van der Waals surface area contributed by atoms with Crippen LogP contribution >= 0.6 is 0 Å². The van der Waals surface area contributed by atoms with E-state index in [9.17, 15) is 9.90 Å². The van der Waals surface area contributed by atoms with Crippen LogP contribution in [0.2, 0.25) is 0 Å². The number of carboxylic acids is 1. The summed E-state index contributed by atoms with van der Waals surface area (Å²) in [6, 6.07) is 0. The lowest BCUT2D eigenvalue weighted by molar-refractivity contribution is -0.306. The molecule has 0 radical (unpaired) electrons. The zero-order valence-corrected chi connectivity index (χ0v) is 5.33. The van der Waals surface area contributed by atoms with Crippen LogP contribution in [0.25, 0.3) is 0 Å². The van der Waals surface area contributed by atoms with Gasteiger partial charge in [-0.2, -0.15) is 0 Å². The minimum Gasteiger partial charge on any atom is -0.550 e. The summed E-state index contributed by atoms with van der Waals surface area (Å²) < 4.78 is 0. The number of hydrogen-bond acceptors (Lipinski definition) is 4. The fourth-order valence-corrected chi connectivity index (χ4v) is 0.399. The molecule has 0 aromatic heterocycles. The first-order valence-corrected chi connectivity index (χ1v) is 2.75. The van der Waals surface area contributed by atoms with E-state index in [1.165, 1.54) is 0 Å². The van der Waals surface area contributed by atoms with Crippen LogP contribution in [-0.4, -0.2) is 12.1 Å². The molecule has 1 unspecified atom stereocenters. The first-order chi connectivity index (χ1) is 4.04. The Hall–Kier alpha value is -0.610. The minimum absolute atomic E-state index is 0.0718. The van der Waals surface area contributed by atoms with Gasteiger partial charge in [0.25, 0.3) is 0 Å². The van der Waals surface area contributed by atoms with E-state index < -0.39 is 12.1 Å². The molecule has 0 aliphatic rings. The van der Waals surface area contributed by atoms with Gasteiger partial charge in [0, 0.05) is 5.97 Å². The monoisotopic (exact) mass is 131 g/mol. The van der Waals surface area contributed by atoms with E-state index in [0.29, 0.717) is 0 Å². The molecule has 0 aliphatic heterocycles. The summed E-state index contributed by atoms with van der Waals surface area (Å²) in [5.41, 5.74) is 10.3. The van der Waals surface area contributed by atoms with E-state index in [4.69, 9.17) is 11.5 Å². The van der Waals surface area contributed by atoms with E-state index in [0.717, 1.165) is 0 Å². The smallest absolute Gasteiger partial charge is 0.0550 e. The molecule has 0 aliphatic carbocycles. The lowest BCUT2D eigenvalue weighted by atomic mass is 10.1. The van der Waals surface area contributed by atoms with Crippen LogP contribution in [-0.2, 0) is 4.79 Å². The van der Waals surface area contributed by atoms with Crippen molar-refractivity contribution < 1.29 is 9.90 Å². The van der Waals surface area contributed by atoms with Crippen molar-refractivity contribution in [3.05, 3.63) is 0 Å². The molecule has 0 rings (SSSR count). The topological polar surface area (TPSA) is 92.2 Å². The molecule has 4 nitrogen and oxygen atoms in total. The average Bonchev–Trinajstić information content (AvgIpc) is 1.63. The summed E-state index contributed by atoms with van der Waals surface area (Å²) in [5, 5.41) is 9.89. The molecule has 9 heavy (non-hydrogen) atoms. The Kier molecular flexibility index (Phi) is 3.19. The molecule has 4 heteroatoms. The minimum atomic E-state index is -1.11. The van der Waals surface area contributed by atoms with Gasteiger partial charge in [0.15, 0.2) is 0 Å². The van der Waals surface area contributed by atoms with Crippen LogP contribution in [0.1, 0.15) is 13.3 Å². The fraction of sp³-hybridized carbons (Fsp3) is 0.800. The second-order valence-corrected chi connectivity index (χ2v) is 2.13. The lowest BCUT2D eigenvalue weighted by Crippen LogP contribution is -2.40. The van der Waals surface area contributed by atoms with Gasteiger partial charge in [0.2, 0.25) is 0 Å². The Balaban J connectivity index is 3.50. The van der Waals surface area contributed by atoms with Gasteiger partial charge in [0.1, 0.15) is 0 Å². The van der Waals surface area contributed by atoms with Gasteiger partial charge in [-0.25, -0.2) is 0 Å². The quantitative estimate of drug-likeness (QED) is 0.433. The van der Waals surface area contributed by atoms with Crippen LogP contribution < -0.4 is 16.6 Å². The molecule has 0 spiro atoms. The molecule has 0 amide bonds. The van der Waals surface area contributed by atoms with Gasteiger partial charge in [0.05, 0.1) is 6.17 Å². The SMILES string of the molecule is CC(CC(=O)[O-])C(N)N. The molecule has 0 saturated carbocycles. The van der Waals surface area contributed by atoms with Crippen molar-refractivity contribution in [1.82, 2.24) is 0 Å². The highest BCUT2D eigenvalue weighted by Crippen LogP contribution is 1.99. The molecular formula is C5H11N2O2-. The Morgan fingerprint density at radius 1 is 1.67 bits per heavy atom. The van der Waals surface area contributed by atoms with Crippen LogP contribution in [0.5, 0.6) is 0 Å². The van der Waals surface area contributed by atoms with Crippen LogP contribution in [0.3, 0.4) is 0 Å². The Morgan fingerprint density at radius 2 is 2.11 bits per heavy atom. The van der Waals surface area contributed by atoms with Crippen molar-refractivity contribution in [2.75, 3.05) is 0 Å². The molecule has 54 valence electrons. The van der Waals surface area contributed by atoms with E-state index in [1.54, 1.807) is 6.92 Å². The number of carbonyl (C=O) groups is 1. The first kappa shape index (κ1) is 8.39. The van der Waals surface area contributed by atoms with Gasteiger partial charge in [-0.05, 0) is 12.3 Å². The number of aliphatic carboxylic acids is 1. The van der Waals surface area contributed by atoms with Crippen molar-refractivity contribution in [2.24, 2.45) is 17.4 Å². The zero-order valence-electron chi connectivity index (χ0n) is 5.33. The van der Waals surface area contributed by atoms with Crippen LogP contribution in [0, 0.1) is 5.92 Å². The highest BCUT2D eigenvalue weighted by atomic mass is 16.4. The molecule has 4 N–H and O–H groups in total. The maximum Gasteiger partial charge on any atom is 0.0550 e. The average molecular weight is 131 g/mol. The van der Waals surface area contributed by atoms with Crippen molar-refractivity contribution in [3.63, 3.8) is 0 Å². The van der Waals surface area contributed by atoms with Crippen LogP contribution in [0.4, 0.5) is 0 Å². The predicted molar refractivity (Wildman–Crippen MR) is 31.0 cm³/mol. The summed E-state index contributed by atoms with van der Waals surface area (Å²) in [6.07, 6.45) is -0.639. The number of carboxylic acid groups (broad SMARTS) is 1. The van der Waals surface area contributed by atoms with E-state index in [2.05, 4.69) is 0 Å². The van der Waals surface area contributed by atoms with Crippen molar-refractivity contribution >= 4 is 5.97 Å². The predicted octanol–water partition coefficient (Wildman–Crippen LogP) is -1.99. The van der Waals surface area contributed by atoms with E-state index >= 15 is 0 Å². The fourth-order valence-electron chi connectivity index (χ4n) is 0.399. The Labute approximate surface area is 53.8 Å². The highest BCUT2D eigenvalue weighted by Gasteiger charge is 2.06. The van der Waals surface area contributed by atoms with Gasteiger partial charge in [-0.15, -0.1) is 0 Å². The third kappa shape index (κ3) is 3.93. The zero-order chi connectivity index (χ0) is 7.44. The molecular weight excluding hydrogens is 120 g/mol. The lowest BCUT2D eigenvalue weighted by Gasteiger charge is -2.14. The summed E-state index contributed by atoms with van der Waals surface area (Å²) in [4.78, 5) is 9.89. The van der Waals surface area contributed by atoms with Crippen LogP contribution in [0.15, 0.2) is 0 Å². The molecule has 0 saturated heterocycles. The Bertz CT molecular complexity index is 103. The van der Waals surface area contributed by atoms with Crippen molar-refractivity contribution in [1.29, 1.82) is 0 Å². The third-order valence-corrected chi connectivity index (χ3v) is 1.15. The molecule has 0 bridgehead atoms. The maximum absolute atomic E-state index is 9.89. The molecule has 0 heterocycles. The number of hydrogen-bond donors (Lipinski definition) is 2. The summed E-state index contributed by atoms with van der Waals surface area (Å²) in [5.74, 6) is -1.32. The number of carbonyl (C=O) groups excluding carboxylic acids is 1. The van der Waals surface area contributed by atoms with E-state index in [1.807, 2.05) is 0 Å². The summed E-state index contributed by atoms with van der Waals surface area (Å²) in [6.45, 7) is 1.67. The third-order valence-electron chi connectivity index (χ3n) is 1.15. The van der Waals surface area contributed by atoms with Gasteiger partial charge >= 0.3 is 0 Å². The molecule has 0 aromatic rings. The standard InChI is InChI=1S/C5H12N2O2/c1-3(5(6)7)2-4(8)9/h3,5H,2,6-7H2,1H3,(H,8,9)/p-1. The molecule has 0 aromatic carbocycles. The summed E-state index contributed by atoms with van der Waals surface area (Å²) in [7, 11) is 0.